The van der Waals surface area contributed by atoms with Crippen LogP contribution >= 0.6 is 24.2 Å². The average molecular weight is 395 g/mol. The highest BCUT2D eigenvalue weighted by Gasteiger charge is 2.07. The molecule has 0 aliphatic carbocycles. The number of thiol groups is 1. The molecule has 1 aromatic carbocycles. The molecule has 5 heteroatoms. The SMILES string of the molecule is CCC(C)C(=O)S.CCCC(C)CCC.Cc1ccc(F)c(Cl)c1F. The lowest BCUT2D eigenvalue weighted by molar-refractivity contribution is -0.113. The molecule has 0 aliphatic heterocycles. The van der Waals surface area contributed by atoms with E-state index in [0.717, 1.165) is 18.4 Å². The topological polar surface area (TPSA) is 17.1 Å². The molecular formula is C20H33ClF2OS. The molecule has 0 aliphatic rings. The fourth-order valence-electron chi connectivity index (χ4n) is 1.93. The van der Waals surface area contributed by atoms with Gasteiger partial charge in [-0.15, -0.1) is 12.6 Å². The van der Waals surface area contributed by atoms with Crippen LogP contribution in [0.1, 0.15) is 72.3 Å². The second-order valence-electron chi connectivity index (χ2n) is 6.32. The maximum Gasteiger partial charge on any atom is 0.188 e. The van der Waals surface area contributed by atoms with Gasteiger partial charge in [-0.25, -0.2) is 8.78 Å². The van der Waals surface area contributed by atoms with Gasteiger partial charge in [-0.1, -0.05) is 78.0 Å². The predicted molar refractivity (Wildman–Crippen MR) is 109 cm³/mol. The summed E-state index contributed by atoms with van der Waals surface area (Å²) in [6, 6.07) is 2.48. The van der Waals surface area contributed by atoms with E-state index in [-0.39, 0.29) is 11.0 Å². The van der Waals surface area contributed by atoms with E-state index in [1.165, 1.54) is 38.7 Å². The normalized spacial score (nSPS) is 11.2. The summed E-state index contributed by atoms with van der Waals surface area (Å²) >= 11 is 8.87. The maximum absolute atomic E-state index is 12.6. The van der Waals surface area contributed by atoms with Crippen LogP contribution in [0.3, 0.4) is 0 Å². The third-order valence-corrected chi connectivity index (χ3v) is 4.61. The van der Waals surface area contributed by atoms with Crippen molar-refractivity contribution in [3.8, 4) is 0 Å². The van der Waals surface area contributed by atoms with Crippen molar-refractivity contribution in [2.45, 2.75) is 73.6 Å². The molecule has 1 atom stereocenters. The Morgan fingerprint density at radius 3 is 1.88 bits per heavy atom. The van der Waals surface area contributed by atoms with Gasteiger partial charge in [-0.2, -0.15) is 0 Å². The molecule has 0 bridgehead atoms. The zero-order valence-electron chi connectivity index (χ0n) is 16.3. The Hall–Kier alpha value is -0.610. The first-order valence-electron chi connectivity index (χ1n) is 8.94. The zero-order chi connectivity index (χ0) is 20.0. The predicted octanol–water partition coefficient (Wildman–Crippen LogP) is 7.64. The molecule has 146 valence electrons. The first-order valence-corrected chi connectivity index (χ1v) is 9.77. The van der Waals surface area contributed by atoms with Crippen molar-refractivity contribution in [3.05, 3.63) is 34.4 Å². The van der Waals surface area contributed by atoms with Crippen LogP contribution in [0.25, 0.3) is 0 Å². The number of hydrogen-bond donors (Lipinski definition) is 1. The summed E-state index contributed by atoms with van der Waals surface area (Å²) in [4.78, 5) is 10.2. The monoisotopic (exact) mass is 394 g/mol. The Labute approximate surface area is 163 Å². The van der Waals surface area contributed by atoms with Gasteiger partial charge < -0.3 is 0 Å². The van der Waals surface area contributed by atoms with Crippen LogP contribution in [0.5, 0.6) is 0 Å². The van der Waals surface area contributed by atoms with E-state index in [1.54, 1.807) is 0 Å². The van der Waals surface area contributed by atoms with Crippen molar-refractivity contribution in [3.63, 3.8) is 0 Å². The van der Waals surface area contributed by atoms with Gasteiger partial charge in [0.1, 0.15) is 16.7 Å². The van der Waals surface area contributed by atoms with Crippen molar-refractivity contribution < 1.29 is 13.6 Å². The standard InChI is InChI=1S/C8H18.C7H5ClF2.C5H10OS/c1-4-6-8(3)7-5-2;1-4-2-3-5(9)6(8)7(4)10;1-3-4(2)5(6)7/h8H,4-7H2,1-3H3;2-3H,1H3;4H,3H2,1-2H3,(H,6,7). The maximum atomic E-state index is 12.6. The van der Waals surface area contributed by atoms with Crippen LogP contribution in [0.2, 0.25) is 5.02 Å². The molecule has 1 aromatic rings. The second kappa shape index (κ2) is 15.6. The van der Waals surface area contributed by atoms with Crippen LogP contribution in [0.4, 0.5) is 8.78 Å². The van der Waals surface area contributed by atoms with Crippen molar-refractivity contribution in [2.24, 2.45) is 11.8 Å². The lowest BCUT2D eigenvalue weighted by Gasteiger charge is -2.05. The number of benzene rings is 1. The zero-order valence-corrected chi connectivity index (χ0v) is 18.0. The van der Waals surface area contributed by atoms with Gasteiger partial charge in [-0.3, -0.25) is 4.79 Å². The summed E-state index contributed by atoms with van der Waals surface area (Å²) in [7, 11) is 0. The molecule has 0 amide bonds. The Balaban J connectivity index is 0. The number of aryl methyl sites for hydroxylation is 1. The molecule has 0 fully saturated rings. The largest absolute Gasteiger partial charge is 0.287 e. The molecule has 0 saturated heterocycles. The van der Waals surface area contributed by atoms with Gasteiger partial charge in [0.15, 0.2) is 5.12 Å². The molecule has 0 spiro atoms. The Bertz CT molecular complexity index is 462. The highest BCUT2D eigenvalue weighted by atomic mass is 35.5. The van der Waals surface area contributed by atoms with Gasteiger partial charge in [0.05, 0.1) is 0 Å². The van der Waals surface area contributed by atoms with Crippen molar-refractivity contribution in [1.82, 2.24) is 0 Å². The van der Waals surface area contributed by atoms with Crippen LogP contribution in [0, 0.1) is 30.4 Å². The van der Waals surface area contributed by atoms with Gasteiger partial charge in [0, 0.05) is 5.92 Å². The lowest BCUT2D eigenvalue weighted by Crippen LogP contribution is -2.00. The van der Waals surface area contributed by atoms with Crippen molar-refractivity contribution in [2.75, 3.05) is 0 Å². The van der Waals surface area contributed by atoms with Gasteiger partial charge >= 0.3 is 0 Å². The fourth-order valence-corrected chi connectivity index (χ4v) is 2.32. The molecule has 1 nitrogen and oxygen atoms in total. The number of carbonyl (C=O) groups excluding carboxylic acids is 1. The minimum atomic E-state index is -0.718. The van der Waals surface area contributed by atoms with E-state index < -0.39 is 16.7 Å². The van der Waals surface area contributed by atoms with Gasteiger partial charge in [-0.05, 0) is 30.9 Å². The molecule has 0 saturated carbocycles. The quantitative estimate of drug-likeness (QED) is 0.387. The fraction of sp³-hybridized carbons (Fsp3) is 0.650. The summed E-state index contributed by atoms with van der Waals surface area (Å²) in [6.45, 7) is 12.2. The molecule has 25 heavy (non-hydrogen) atoms. The van der Waals surface area contributed by atoms with Gasteiger partial charge in [0.2, 0.25) is 0 Å². The highest BCUT2D eigenvalue weighted by molar-refractivity contribution is 7.96. The summed E-state index contributed by atoms with van der Waals surface area (Å²) in [5.41, 5.74) is 0.353. The molecule has 0 N–H and O–H groups in total. The lowest BCUT2D eigenvalue weighted by atomic mass is 10.0. The Kier molecular flexibility index (Phi) is 16.6. The van der Waals surface area contributed by atoms with Crippen LogP contribution in [0.15, 0.2) is 12.1 Å². The molecule has 0 aromatic heterocycles. The molecule has 1 unspecified atom stereocenters. The molecule has 1 rings (SSSR count). The van der Waals surface area contributed by atoms with E-state index in [9.17, 15) is 13.6 Å². The minimum absolute atomic E-state index is 0.0116. The van der Waals surface area contributed by atoms with Crippen molar-refractivity contribution in [1.29, 1.82) is 0 Å². The molecule has 0 heterocycles. The highest BCUT2D eigenvalue weighted by Crippen LogP contribution is 2.20. The van der Waals surface area contributed by atoms with Crippen LogP contribution < -0.4 is 0 Å². The van der Waals surface area contributed by atoms with E-state index in [2.05, 4.69) is 33.4 Å². The minimum Gasteiger partial charge on any atom is -0.287 e. The Morgan fingerprint density at radius 1 is 1.12 bits per heavy atom. The average Bonchev–Trinajstić information content (AvgIpc) is 2.57. The van der Waals surface area contributed by atoms with E-state index in [4.69, 9.17) is 11.6 Å². The van der Waals surface area contributed by atoms with Gasteiger partial charge in [0.25, 0.3) is 0 Å². The van der Waals surface area contributed by atoms with Crippen LogP contribution in [-0.2, 0) is 4.79 Å². The number of carbonyl (C=O) groups is 1. The number of halogens is 3. The summed E-state index contributed by atoms with van der Waals surface area (Å²) < 4.78 is 25.0. The summed E-state index contributed by atoms with van der Waals surface area (Å²) in [5.74, 6) is -0.306. The third kappa shape index (κ3) is 13.3. The summed E-state index contributed by atoms with van der Waals surface area (Å²) in [6.07, 6.45) is 6.41. The smallest absolute Gasteiger partial charge is 0.188 e. The molecular weight excluding hydrogens is 362 g/mol. The first-order chi connectivity index (χ1) is 11.6. The molecule has 0 radical (unpaired) electrons. The van der Waals surface area contributed by atoms with Crippen molar-refractivity contribution >= 4 is 29.3 Å². The Morgan fingerprint density at radius 2 is 1.60 bits per heavy atom. The second-order valence-corrected chi connectivity index (χ2v) is 7.14. The number of rotatable bonds is 6. The van der Waals surface area contributed by atoms with E-state index in [0.29, 0.717) is 5.56 Å². The van der Waals surface area contributed by atoms with E-state index >= 15 is 0 Å². The summed E-state index contributed by atoms with van der Waals surface area (Å²) in [5, 5.41) is -0.442. The van der Waals surface area contributed by atoms with E-state index in [1.807, 2.05) is 13.8 Å². The van der Waals surface area contributed by atoms with Crippen LogP contribution in [-0.4, -0.2) is 5.12 Å². The third-order valence-electron chi connectivity index (χ3n) is 3.83. The number of hydrogen-bond acceptors (Lipinski definition) is 1. The first kappa shape index (κ1) is 26.6.